The first-order chi connectivity index (χ1) is 9.22. The molecule has 0 spiro atoms. The molecule has 1 aromatic rings. The Balaban J connectivity index is 1.68. The summed E-state index contributed by atoms with van der Waals surface area (Å²) >= 11 is 0. The van der Waals surface area contributed by atoms with Crippen molar-refractivity contribution in [1.29, 1.82) is 0 Å². The number of fused-ring (bicyclic) bond motifs is 1. The molecule has 1 aromatic carbocycles. The third kappa shape index (κ3) is 2.73. The Morgan fingerprint density at radius 1 is 1.47 bits per heavy atom. The Kier molecular flexibility index (Phi) is 3.42. The zero-order chi connectivity index (χ0) is 13.2. The van der Waals surface area contributed by atoms with Crippen molar-refractivity contribution in [2.75, 3.05) is 23.8 Å². The van der Waals surface area contributed by atoms with E-state index in [0.29, 0.717) is 6.61 Å². The van der Waals surface area contributed by atoms with E-state index < -0.39 is 0 Å². The monoisotopic (exact) mass is 260 g/mol. The molecule has 0 bridgehead atoms. The van der Waals surface area contributed by atoms with Gasteiger partial charge in [0, 0.05) is 17.9 Å². The van der Waals surface area contributed by atoms with Gasteiger partial charge in [0.05, 0.1) is 18.6 Å². The third-order valence-electron chi connectivity index (χ3n) is 3.88. The summed E-state index contributed by atoms with van der Waals surface area (Å²) in [7, 11) is 0. The molecule has 2 aliphatic heterocycles. The highest BCUT2D eigenvalue weighted by atomic mass is 16.5. The predicted molar refractivity (Wildman–Crippen MR) is 75.4 cm³/mol. The molecule has 0 aliphatic carbocycles. The van der Waals surface area contributed by atoms with Crippen molar-refractivity contribution < 1.29 is 9.53 Å². The molecule has 2 aliphatic rings. The number of amides is 1. The number of aryl methyl sites for hydroxylation is 1. The summed E-state index contributed by atoms with van der Waals surface area (Å²) in [6.07, 6.45) is 3.30. The lowest BCUT2D eigenvalue weighted by Crippen LogP contribution is -2.23. The molecule has 4 heteroatoms. The van der Waals surface area contributed by atoms with Crippen molar-refractivity contribution in [2.24, 2.45) is 5.92 Å². The third-order valence-corrected chi connectivity index (χ3v) is 3.88. The average molecular weight is 260 g/mol. The van der Waals surface area contributed by atoms with Crippen LogP contribution in [0.5, 0.6) is 0 Å². The van der Waals surface area contributed by atoms with Gasteiger partial charge in [-0.1, -0.05) is 6.07 Å². The van der Waals surface area contributed by atoms with E-state index in [4.69, 9.17) is 4.74 Å². The van der Waals surface area contributed by atoms with Crippen molar-refractivity contribution in [2.45, 2.75) is 32.3 Å². The van der Waals surface area contributed by atoms with Crippen LogP contribution >= 0.6 is 0 Å². The van der Waals surface area contributed by atoms with Gasteiger partial charge in [0.1, 0.15) is 0 Å². The van der Waals surface area contributed by atoms with Crippen LogP contribution in [0, 0.1) is 5.92 Å². The van der Waals surface area contributed by atoms with Gasteiger partial charge >= 0.3 is 0 Å². The summed E-state index contributed by atoms with van der Waals surface area (Å²) in [5.74, 6) is 0.0547. The van der Waals surface area contributed by atoms with Crippen LogP contribution in [0.2, 0.25) is 0 Å². The normalized spacial score (nSPS) is 25.5. The van der Waals surface area contributed by atoms with E-state index in [2.05, 4.69) is 16.7 Å². The first-order valence-electron chi connectivity index (χ1n) is 7.01. The number of carbonyl (C=O) groups excluding carboxylic acids is 1. The minimum Gasteiger partial charge on any atom is -0.385 e. The molecule has 1 saturated heterocycles. The molecule has 2 unspecified atom stereocenters. The molecule has 4 nitrogen and oxygen atoms in total. The number of anilines is 2. The Labute approximate surface area is 113 Å². The maximum absolute atomic E-state index is 12.1. The fraction of sp³-hybridized carbons (Fsp3) is 0.533. The minimum atomic E-state index is -0.0148. The van der Waals surface area contributed by atoms with Crippen molar-refractivity contribution in [1.82, 2.24) is 0 Å². The molecule has 2 heterocycles. The summed E-state index contributed by atoms with van der Waals surface area (Å²) in [5.41, 5.74) is 3.36. The highest BCUT2D eigenvalue weighted by Crippen LogP contribution is 2.26. The van der Waals surface area contributed by atoms with Gasteiger partial charge in [-0.15, -0.1) is 0 Å². The standard InChI is InChI=1S/C15H20N2O2/c1-10-7-12(9-19-10)15(18)17-13-5-4-11-3-2-6-16-14(11)8-13/h4-5,8,10,12,16H,2-3,6-7,9H2,1H3,(H,17,18). The van der Waals surface area contributed by atoms with Gasteiger partial charge < -0.3 is 15.4 Å². The smallest absolute Gasteiger partial charge is 0.229 e. The van der Waals surface area contributed by atoms with Crippen molar-refractivity contribution in [3.8, 4) is 0 Å². The Bertz CT molecular complexity index is 487. The lowest BCUT2D eigenvalue weighted by molar-refractivity contribution is -0.119. The van der Waals surface area contributed by atoms with Gasteiger partial charge in [-0.25, -0.2) is 0 Å². The molecule has 19 heavy (non-hydrogen) atoms. The van der Waals surface area contributed by atoms with Crippen LogP contribution in [0.3, 0.4) is 0 Å². The summed E-state index contributed by atoms with van der Waals surface area (Å²) in [6.45, 7) is 3.56. The quantitative estimate of drug-likeness (QED) is 0.858. The second kappa shape index (κ2) is 5.21. The number of hydrogen-bond donors (Lipinski definition) is 2. The van der Waals surface area contributed by atoms with Crippen LogP contribution in [0.4, 0.5) is 11.4 Å². The van der Waals surface area contributed by atoms with E-state index in [1.807, 2.05) is 19.1 Å². The molecular weight excluding hydrogens is 240 g/mol. The largest absolute Gasteiger partial charge is 0.385 e. The topological polar surface area (TPSA) is 50.4 Å². The highest BCUT2D eigenvalue weighted by Gasteiger charge is 2.28. The minimum absolute atomic E-state index is 0.0148. The van der Waals surface area contributed by atoms with Crippen molar-refractivity contribution in [3.05, 3.63) is 23.8 Å². The first kappa shape index (κ1) is 12.5. The lowest BCUT2D eigenvalue weighted by Gasteiger charge is -2.19. The van der Waals surface area contributed by atoms with Crippen LogP contribution in [0.25, 0.3) is 0 Å². The van der Waals surface area contributed by atoms with Gasteiger partial charge in [-0.05, 0) is 43.9 Å². The second-order valence-corrected chi connectivity index (χ2v) is 5.47. The van der Waals surface area contributed by atoms with Crippen molar-refractivity contribution >= 4 is 17.3 Å². The Hall–Kier alpha value is -1.55. The van der Waals surface area contributed by atoms with E-state index in [9.17, 15) is 4.79 Å². The van der Waals surface area contributed by atoms with Crippen molar-refractivity contribution in [3.63, 3.8) is 0 Å². The van der Waals surface area contributed by atoms with Crippen LogP contribution in [0.15, 0.2) is 18.2 Å². The molecule has 0 saturated carbocycles. The zero-order valence-corrected chi connectivity index (χ0v) is 11.2. The summed E-state index contributed by atoms with van der Waals surface area (Å²) in [5, 5.41) is 6.37. The second-order valence-electron chi connectivity index (χ2n) is 5.47. The van der Waals surface area contributed by atoms with Gasteiger partial charge in [-0.2, -0.15) is 0 Å². The van der Waals surface area contributed by atoms with Gasteiger partial charge in [-0.3, -0.25) is 4.79 Å². The van der Waals surface area contributed by atoms with Gasteiger partial charge in [0.25, 0.3) is 0 Å². The predicted octanol–water partition coefficient (Wildman–Crippen LogP) is 2.41. The van der Waals surface area contributed by atoms with Gasteiger partial charge in [0.2, 0.25) is 5.91 Å². The molecule has 2 N–H and O–H groups in total. The first-order valence-corrected chi connectivity index (χ1v) is 7.01. The number of nitrogens with one attached hydrogen (secondary N) is 2. The molecular formula is C15H20N2O2. The molecule has 1 fully saturated rings. The number of rotatable bonds is 2. The van der Waals surface area contributed by atoms with Crippen LogP contribution in [0.1, 0.15) is 25.3 Å². The van der Waals surface area contributed by atoms with E-state index in [1.54, 1.807) is 0 Å². The van der Waals surface area contributed by atoms with E-state index in [0.717, 1.165) is 30.8 Å². The molecule has 102 valence electrons. The Morgan fingerprint density at radius 3 is 3.16 bits per heavy atom. The number of carbonyl (C=O) groups is 1. The lowest BCUT2D eigenvalue weighted by atomic mass is 10.0. The van der Waals surface area contributed by atoms with E-state index in [1.165, 1.54) is 12.0 Å². The molecule has 0 aromatic heterocycles. The SMILES string of the molecule is CC1CC(C(=O)Nc2ccc3c(c2)NCCC3)CO1. The molecule has 2 atom stereocenters. The number of hydrogen-bond acceptors (Lipinski definition) is 3. The maximum Gasteiger partial charge on any atom is 0.229 e. The number of benzene rings is 1. The molecule has 1 amide bonds. The fourth-order valence-corrected chi connectivity index (χ4v) is 2.78. The van der Waals surface area contributed by atoms with E-state index >= 15 is 0 Å². The van der Waals surface area contributed by atoms with Crippen LogP contribution in [-0.2, 0) is 16.0 Å². The fourth-order valence-electron chi connectivity index (χ4n) is 2.78. The summed E-state index contributed by atoms with van der Waals surface area (Å²) in [6, 6.07) is 6.12. The van der Waals surface area contributed by atoms with E-state index in [-0.39, 0.29) is 17.9 Å². The van der Waals surface area contributed by atoms with Crippen LogP contribution in [-0.4, -0.2) is 25.2 Å². The van der Waals surface area contributed by atoms with Gasteiger partial charge in [0.15, 0.2) is 0 Å². The molecule has 3 rings (SSSR count). The molecule has 0 radical (unpaired) electrons. The summed E-state index contributed by atoms with van der Waals surface area (Å²) < 4.78 is 5.44. The highest BCUT2D eigenvalue weighted by molar-refractivity contribution is 5.93. The van der Waals surface area contributed by atoms with Crippen LogP contribution < -0.4 is 10.6 Å². The maximum atomic E-state index is 12.1. The number of ether oxygens (including phenoxy) is 1. The zero-order valence-electron chi connectivity index (χ0n) is 11.2. The summed E-state index contributed by atoms with van der Waals surface area (Å²) in [4.78, 5) is 12.1. The average Bonchev–Trinajstić information content (AvgIpc) is 2.85. The Morgan fingerprint density at radius 2 is 2.37 bits per heavy atom.